The van der Waals surface area contributed by atoms with E-state index in [1.807, 2.05) is 19.1 Å². The number of aryl methyl sites for hydroxylation is 1. The zero-order valence-corrected chi connectivity index (χ0v) is 14.7. The summed E-state index contributed by atoms with van der Waals surface area (Å²) in [4.78, 5) is 10.9. The highest BCUT2D eigenvalue weighted by Gasteiger charge is 2.27. The zero-order chi connectivity index (χ0) is 17.5. The molecule has 8 heteroatoms. The fraction of sp³-hybridized carbons (Fsp3) is 0.500. The van der Waals surface area contributed by atoms with Gasteiger partial charge in [0.05, 0.1) is 12.3 Å². The number of rotatable bonds is 5. The van der Waals surface area contributed by atoms with E-state index in [2.05, 4.69) is 36.2 Å². The molecular weight excluding hydrogens is 330 g/mol. The van der Waals surface area contributed by atoms with Crippen molar-refractivity contribution in [2.45, 2.75) is 32.1 Å². The van der Waals surface area contributed by atoms with Crippen LogP contribution in [0.4, 0.5) is 5.82 Å². The topological polar surface area (TPSA) is 81.3 Å². The Morgan fingerprint density at radius 3 is 2.92 bits per heavy atom. The van der Waals surface area contributed by atoms with E-state index in [0.29, 0.717) is 30.1 Å². The third kappa shape index (κ3) is 2.95. The Bertz CT molecular complexity index is 919. The van der Waals surface area contributed by atoms with Crippen LogP contribution in [0.2, 0.25) is 0 Å². The number of hydrogen-bond acceptors (Lipinski definition) is 7. The third-order valence-corrected chi connectivity index (χ3v) is 5.09. The van der Waals surface area contributed by atoms with Gasteiger partial charge in [-0.15, -0.1) is 5.10 Å². The van der Waals surface area contributed by atoms with Gasteiger partial charge in [0.15, 0.2) is 0 Å². The summed E-state index contributed by atoms with van der Waals surface area (Å²) in [5, 5.41) is 12.8. The van der Waals surface area contributed by atoms with Gasteiger partial charge in [-0.25, -0.2) is 4.98 Å². The van der Waals surface area contributed by atoms with Crippen molar-refractivity contribution in [2.24, 2.45) is 5.92 Å². The predicted octanol–water partition coefficient (Wildman–Crippen LogP) is 2.01. The van der Waals surface area contributed by atoms with Crippen LogP contribution < -0.4 is 9.64 Å². The molecule has 1 aliphatic carbocycles. The Balaban J connectivity index is 1.23. The molecule has 3 aromatic heterocycles. The van der Waals surface area contributed by atoms with Gasteiger partial charge < -0.3 is 9.64 Å². The fourth-order valence-electron chi connectivity index (χ4n) is 3.52. The lowest BCUT2D eigenvalue weighted by molar-refractivity contribution is 0.249. The quantitative estimate of drug-likeness (QED) is 0.695. The summed E-state index contributed by atoms with van der Waals surface area (Å²) in [6, 6.07) is 6.05. The minimum Gasteiger partial charge on any atom is -0.476 e. The summed E-state index contributed by atoms with van der Waals surface area (Å²) >= 11 is 0. The monoisotopic (exact) mass is 351 g/mol. The van der Waals surface area contributed by atoms with Crippen LogP contribution in [-0.2, 0) is 0 Å². The van der Waals surface area contributed by atoms with Gasteiger partial charge in [-0.05, 0) is 32.3 Å². The molecule has 0 amide bonds. The number of hydrogen-bond donors (Lipinski definition) is 0. The minimum absolute atomic E-state index is 0.451. The van der Waals surface area contributed by atoms with Gasteiger partial charge in [-0.2, -0.15) is 19.7 Å². The van der Waals surface area contributed by atoms with Gasteiger partial charge in [-0.1, -0.05) is 0 Å². The van der Waals surface area contributed by atoms with E-state index >= 15 is 0 Å². The van der Waals surface area contributed by atoms with Crippen molar-refractivity contribution in [2.75, 3.05) is 24.6 Å². The Labute approximate surface area is 151 Å². The van der Waals surface area contributed by atoms with E-state index < -0.39 is 0 Å². The van der Waals surface area contributed by atoms with E-state index in [9.17, 15) is 0 Å². The van der Waals surface area contributed by atoms with Crippen LogP contribution in [0.3, 0.4) is 0 Å². The molecule has 8 nitrogen and oxygen atoms in total. The largest absolute Gasteiger partial charge is 0.476 e. The summed E-state index contributed by atoms with van der Waals surface area (Å²) in [7, 11) is 0. The highest BCUT2D eigenvalue weighted by Crippen LogP contribution is 2.38. The Morgan fingerprint density at radius 1 is 1.19 bits per heavy atom. The van der Waals surface area contributed by atoms with Gasteiger partial charge in [0.1, 0.15) is 12.1 Å². The van der Waals surface area contributed by atoms with Crippen LogP contribution in [0.15, 0.2) is 24.5 Å². The summed E-state index contributed by atoms with van der Waals surface area (Å²) in [5.41, 5.74) is 2.04. The molecule has 1 atom stereocenters. The summed E-state index contributed by atoms with van der Waals surface area (Å²) in [5.74, 6) is 3.38. The maximum Gasteiger partial charge on any atom is 0.254 e. The van der Waals surface area contributed by atoms with Crippen molar-refractivity contribution in [3.8, 4) is 5.88 Å². The van der Waals surface area contributed by atoms with Crippen LogP contribution in [0.1, 0.15) is 36.6 Å². The number of ether oxygens (including phenoxy) is 1. The highest BCUT2D eigenvalue weighted by molar-refractivity contribution is 5.47. The normalized spacial score (nSPS) is 20.0. The first-order valence-electron chi connectivity index (χ1n) is 9.15. The molecule has 1 unspecified atom stereocenters. The molecule has 2 aliphatic rings. The molecule has 2 fully saturated rings. The molecule has 134 valence electrons. The third-order valence-electron chi connectivity index (χ3n) is 5.09. The van der Waals surface area contributed by atoms with Crippen molar-refractivity contribution in [1.82, 2.24) is 29.8 Å². The van der Waals surface area contributed by atoms with E-state index in [1.165, 1.54) is 12.8 Å². The van der Waals surface area contributed by atoms with Gasteiger partial charge in [0, 0.05) is 42.8 Å². The smallest absolute Gasteiger partial charge is 0.254 e. The molecule has 1 aliphatic heterocycles. The number of anilines is 1. The molecule has 26 heavy (non-hydrogen) atoms. The minimum atomic E-state index is 0.451. The lowest BCUT2D eigenvalue weighted by Crippen LogP contribution is -2.24. The standard InChI is InChI=1S/C18H21N7O/c1-12-8-17(25-18(21-12)19-11-20-25)24-7-6-13(9-24)10-26-16-5-4-15(22-23-16)14-2-3-14/h4-5,8,11,13-14H,2-3,6-7,9-10H2,1H3. The Morgan fingerprint density at radius 2 is 2.12 bits per heavy atom. The summed E-state index contributed by atoms with van der Waals surface area (Å²) < 4.78 is 7.68. The van der Waals surface area contributed by atoms with Crippen LogP contribution >= 0.6 is 0 Å². The first-order chi connectivity index (χ1) is 12.8. The summed E-state index contributed by atoms with van der Waals surface area (Å²) in [6.07, 6.45) is 5.09. The average molecular weight is 351 g/mol. The maximum atomic E-state index is 5.88. The second-order valence-corrected chi connectivity index (χ2v) is 7.21. The van der Waals surface area contributed by atoms with Crippen LogP contribution in [-0.4, -0.2) is 49.5 Å². The van der Waals surface area contributed by atoms with Crippen LogP contribution in [0.5, 0.6) is 5.88 Å². The molecule has 5 rings (SSSR count). The molecule has 0 N–H and O–H groups in total. The molecule has 1 saturated heterocycles. The lowest BCUT2D eigenvalue weighted by Gasteiger charge is -2.19. The average Bonchev–Trinajstić information content (AvgIpc) is 3.21. The van der Waals surface area contributed by atoms with Gasteiger partial charge >= 0.3 is 0 Å². The lowest BCUT2D eigenvalue weighted by atomic mass is 10.1. The van der Waals surface area contributed by atoms with Gasteiger partial charge in [0.25, 0.3) is 5.78 Å². The number of nitrogens with zero attached hydrogens (tertiary/aromatic N) is 7. The predicted molar refractivity (Wildman–Crippen MR) is 95.3 cm³/mol. The number of aromatic nitrogens is 6. The van der Waals surface area contributed by atoms with Crippen molar-refractivity contribution < 1.29 is 4.74 Å². The van der Waals surface area contributed by atoms with E-state index in [-0.39, 0.29) is 0 Å². The first-order valence-corrected chi connectivity index (χ1v) is 9.15. The second-order valence-electron chi connectivity index (χ2n) is 7.21. The Hall–Kier alpha value is -2.77. The fourth-order valence-corrected chi connectivity index (χ4v) is 3.52. The van der Waals surface area contributed by atoms with Crippen LogP contribution in [0.25, 0.3) is 5.78 Å². The molecule has 1 saturated carbocycles. The molecular formula is C18H21N7O. The maximum absolute atomic E-state index is 5.88. The van der Waals surface area contributed by atoms with Gasteiger partial charge in [0.2, 0.25) is 5.88 Å². The van der Waals surface area contributed by atoms with E-state index in [0.717, 1.165) is 36.7 Å². The molecule has 0 aromatic carbocycles. The first kappa shape index (κ1) is 15.5. The van der Waals surface area contributed by atoms with E-state index in [1.54, 1.807) is 10.8 Å². The van der Waals surface area contributed by atoms with Crippen molar-refractivity contribution in [1.29, 1.82) is 0 Å². The molecule has 0 spiro atoms. The highest BCUT2D eigenvalue weighted by atomic mass is 16.5. The molecule has 3 aromatic rings. The Kier molecular flexibility index (Phi) is 3.69. The zero-order valence-electron chi connectivity index (χ0n) is 14.7. The second kappa shape index (κ2) is 6.19. The van der Waals surface area contributed by atoms with Crippen molar-refractivity contribution in [3.63, 3.8) is 0 Å². The van der Waals surface area contributed by atoms with Crippen LogP contribution in [0, 0.1) is 12.8 Å². The SMILES string of the molecule is Cc1cc(N2CCC(COc3ccc(C4CC4)nn3)C2)n2ncnc2n1. The van der Waals surface area contributed by atoms with Gasteiger partial charge in [-0.3, -0.25) is 0 Å². The van der Waals surface area contributed by atoms with Crippen molar-refractivity contribution >= 4 is 11.6 Å². The molecule has 4 heterocycles. The van der Waals surface area contributed by atoms with E-state index in [4.69, 9.17) is 4.74 Å². The number of fused-ring (bicyclic) bond motifs is 1. The summed E-state index contributed by atoms with van der Waals surface area (Å²) in [6.45, 7) is 4.53. The molecule has 0 bridgehead atoms. The molecule has 0 radical (unpaired) electrons. The van der Waals surface area contributed by atoms with Crippen molar-refractivity contribution in [3.05, 3.63) is 35.9 Å².